The first-order chi connectivity index (χ1) is 11.1. The molecule has 1 aromatic carbocycles. The maximum atomic E-state index is 12.7. The molecule has 1 aliphatic heterocycles. The first kappa shape index (κ1) is 18.5. The Morgan fingerprint density at radius 2 is 1.88 bits per heavy atom. The van der Waals surface area contributed by atoms with Gasteiger partial charge < -0.3 is 10.6 Å². The number of imidazole rings is 1. The van der Waals surface area contributed by atoms with E-state index in [9.17, 15) is 9.59 Å². The number of halogens is 1. The van der Waals surface area contributed by atoms with Crippen LogP contribution in [0.2, 0.25) is 0 Å². The smallest absolute Gasteiger partial charge is 0.329 e. The summed E-state index contributed by atoms with van der Waals surface area (Å²) in [6, 6.07) is 7.81. The number of nitrogens with two attached hydrogens (primary N) is 1. The molecule has 132 valence electrons. The summed E-state index contributed by atoms with van der Waals surface area (Å²) in [4.78, 5) is 27.2. The topological polar surface area (TPSA) is 73.3 Å². The van der Waals surface area contributed by atoms with Crippen LogP contribution in [0.5, 0.6) is 0 Å². The van der Waals surface area contributed by atoms with E-state index in [2.05, 4.69) is 0 Å². The zero-order chi connectivity index (χ0) is 16.6. The van der Waals surface area contributed by atoms with E-state index < -0.39 is 0 Å². The van der Waals surface area contributed by atoms with Gasteiger partial charge in [-0.3, -0.25) is 13.9 Å². The number of carbonyl (C=O) groups is 1. The molecule has 0 saturated carbocycles. The lowest BCUT2D eigenvalue weighted by atomic mass is 10.1. The molecule has 1 amide bonds. The highest BCUT2D eigenvalue weighted by Gasteiger charge is 2.32. The predicted molar refractivity (Wildman–Crippen MR) is 97.5 cm³/mol. The number of likely N-dealkylation sites (tertiary alicyclic amines) is 1. The van der Waals surface area contributed by atoms with E-state index in [0.717, 1.165) is 17.5 Å². The zero-order valence-corrected chi connectivity index (χ0v) is 15.0. The molecule has 0 spiro atoms. The molecule has 1 aromatic heterocycles. The van der Waals surface area contributed by atoms with E-state index in [1.807, 2.05) is 43.0 Å². The minimum atomic E-state index is -0.121. The molecule has 0 radical (unpaired) electrons. The Morgan fingerprint density at radius 3 is 2.42 bits per heavy atom. The Morgan fingerprint density at radius 1 is 1.25 bits per heavy atom. The Hall–Kier alpha value is -1.79. The van der Waals surface area contributed by atoms with Gasteiger partial charge in [0.1, 0.15) is 6.54 Å². The second-order valence-electron chi connectivity index (χ2n) is 6.33. The zero-order valence-electron chi connectivity index (χ0n) is 14.1. The van der Waals surface area contributed by atoms with Gasteiger partial charge in [0.15, 0.2) is 0 Å². The highest BCUT2D eigenvalue weighted by Crippen LogP contribution is 2.22. The molecule has 1 aliphatic rings. The van der Waals surface area contributed by atoms with Crippen molar-refractivity contribution in [2.75, 3.05) is 13.1 Å². The van der Waals surface area contributed by atoms with Crippen molar-refractivity contribution in [2.45, 2.75) is 39.4 Å². The van der Waals surface area contributed by atoms with E-state index in [1.165, 1.54) is 0 Å². The fourth-order valence-electron chi connectivity index (χ4n) is 3.62. The molecule has 1 fully saturated rings. The van der Waals surface area contributed by atoms with E-state index in [1.54, 1.807) is 9.13 Å². The molecule has 3 rings (SSSR count). The van der Waals surface area contributed by atoms with Crippen LogP contribution in [0.25, 0.3) is 11.0 Å². The molecule has 24 heavy (non-hydrogen) atoms. The Bertz CT molecular complexity index is 782. The number of nitrogens with zero attached hydrogens (tertiary/aromatic N) is 3. The van der Waals surface area contributed by atoms with Crippen LogP contribution in [0.3, 0.4) is 0 Å². The van der Waals surface area contributed by atoms with Gasteiger partial charge in [-0.1, -0.05) is 12.1 Å². The fourth-order valence-corrected chi connectivity index (χ4v) is 3.62. The highest BCUT2D eigenvalue weighted by atomic mass is 35.5. The number of carbonyl (C=O) groups excluding carboxylic acids is 1. The van der Waals surface area contributed by atoms with Crippen LogP contribution in [0.1, 0.15) is 20.3 Å². The minimum Gasteiger partial charge on any atom is -0.338 e. The quantitative estimate of drug-likeness (QED) is 0.904. The molecule has 6 nitrogen and oxygen atoms in total. The van der Waals surface area contributed by atoms with Crippen molar-refractivity contribution in [1.82, 2.24) is 14.0 Å². The molecule has 2 aromatic rings. The largest absolute Gasteiger partial charge is 0.338 e. The summed E-state index contributed by atoms with van der Waals surface area (Å²) in [5.74, 6) is 0.359. The average Bonchev–Trinajstić information content (AvgIpc) is 3.06. The van der Waals surface area contributed by atoms with Crippen molar-refractivity contribution in [3.63, 3.8) is 0 Å². The third-order valence-corrected chi connectivity index (χ3v) is 4.85. The number of para-hydroxylation sites is 2. The van der Waals surface area contributed by atoms with E-state index >= 15 is 0 Å². The van der Waals surface area contributed by atoms with Gasteiger partial charge in [-0.2, -0.15) is 0 Å². The number of hydrogen-bond acceptors (Lipinski definition) is 3. The monoisotopic (exact) mass is 352 g/mol. The number of amides is 1. The van der Waals surface area contributed by atoms with Crippen LogP contribution in [0, 0.1) is 5.92 Å². The maximum absolute atomic E-state index is 12.7. The van der Waals surface area contributed by atoms with E-state index in [-0.39, 0.29) is 36.6 Å². The molecular formula is C17H25ClN4O2. The summed E-state index contributed by atoms with van der Waals surface area (Å²) in [6.45, 7) is 5.96. The molecule has 0 bridgehead atoms. The first-order valence-corrected chi connectivity index (χ1v) is 8.24. The van der Waals surface area contributed by atoms with Gasteiger partial charge in [0.2, 0.25) is 5.91 Å². The molecular weight excluding hydrogens is 328 g/mol. The molecule has 2 atom stereocenters. The van der Waals surface area contributed by atoms with Crippen molar-refractivity contribution in [3.8, 4) is 0 Å². The Labute approximate surface area is 147 Å². The van der Waals surface area contributed by atoms with Crippen LogP contribution in [0.4, 0.5) is 0 Å². The lowest BCUT2D eigenvalue weighted by Crippen LogP contribution is -2.39. The first-order valence-electron chi connectivity index (χ1n) is 8.24. The van der Waals surface area contributed by atoms with Gasteiger partial charge in [-0.25, -0.2) is 4.79 Å². The lowest BCUT2D eigenvalue weighted by molar-refractivity contribution is -0.132. The number of benzene rings is 1. The third-order valence-electron chi connectivity index (χ3n) is 4.85. The summed E-state index contributed by atoms with van der Waals surface area (Å²) >= 11 is 0. The number of aryl methyl sites for hydroxylation is 1. The van der Waals surface area contributed by atoms with Crippen molar-refractivity contribution in [2.24, 2.45) is 11.7 Å². The third kappa shape index (κ3) is 3.08. The molecule has 2 N–H and O–H groups in total. The number of rotatable bonds is 4. The summed E-state index contributed by atoms with van der Waals surface area (Å²) in [5.41, 5.74) is 7.30. The normalized spacial score (nSPS) is 20.4. The van der Waals surface area contributed by atoms with Gasteiger partial charge in [-0.05, 0) is 44.9 Å². The fraction of sp³-hybridized carbons (Fsp3) is 0.529. The van der Waals surface area contributed by atoms with Gasteiger partial charge in [0, 0.05) is 19.1 Å². The molecule has 2 unspecified atom stereocenters. The van der Waals surface area contributed by atoms with Crippen LogP contribution in [0.15, 0.2) is 29.1 Å². The number of fused-ring (bicyclic) bond motifs is 1. The maximum Gasteiger partial charge on any atom is 0.329 e. The van der Waals surface area contributed by atoms with Crippen LogP contribution >= 0.6 is 12.4 Å². The number of aromatic nitrogens is 2. The summed E-state index contributed by atoms with van der Waals surface area (Å²) in [7, 11) is 0. The summed E-state index contributed by atoms with van der Waals surface area (Å²) < 4.78 is 3.29. The predicted octanol–water partition coefficient (Wildman–Crippen LogP) is 1.44. The van der Waals surface area contributed by atoms with E-state index in [4.69, 9.17) is 5.73 Å². The van der Waals surface area contributed by atoms with Crippen molar-refractivity contribution in [3.05, 3.63) is 34.7 Å². The molecule has 2 heterocycles. The van der Waals surface area contributed by atoms with Crippen molar-refractivity contribution >= 4 is 29.3 Å². The summed E-state index contributed by atoms with van der Waals surface area (Å²) in [5, 5.41) is 0. The van der Waals surface area contributed by atoms with Crippen LogP contribution < -0.4 is 11.4 Å². The molecule has 7 heteroatoms. The highest BCUT2D eigenvalue weighted by molar-refractivity contribution is 5.85. The summed E-state index contributed by atoms with van der Waals surface area (Å²) in [6.07, 6.45) is 0.938. The van der Waals surface area contributed by atoms with Crippen molar-refractivity contribution in [1.29, 1.82) is 0 Å². The van der Waals surface area contributed by atoms with Gasteiger partial charge in [0.05, 0.1) is 11.0 Å². The Kier molecular flexibility index (Phi) is 5.72. The lowest BCUT2D eigenvalue weighted by Gasteiger charge is -2.21. The van der Waals surface area contributed by atoms with E-state index in [0.29, 0.717) is 25.6 Å². The Balaban J connectivity index is 0.00000208. The van der Waals surface area contributed by atoms with Crippen molar-refractivity contribution < 1.29 is 4.79 Å². The second kappa shape index (κ2) is 7.40. The minimum absolute atomic E-state index is 0. The molecule has 1 saturated heterocycles. The standard InChI is InChI=1S/C17H24N4O2.ClH/c1-3-19-14-6-4-5-7-15(14)21(17(19)23)11-16(22)20-10-13(9-18)8-12(20)2;/h4-7,12-13H,3,8-11,18H2,1-2H3;1H. The van der Waals surface area contributed by atoms with Crippen LogP contribution in [-0.2, 0) is 17.9 Å². The van der Waals surface area contributed by atoms with Crippen LogP contribution in [-0.4, -0.2) is 39.1 Å². The second-order valence-corrected chi connectivity index (χ2v) is 6.33. The number of hydrogen-bond donors (Lipinski definition) is 1. The molecule has 0 aliphatic carbocycles. The van der Waals surface area contributed by atoms with Gasteiger partial charge in [-0.15, -0.1) is 12.4 Å². The average molecular weight is 353 g/mol. The SMILES string of the molecule is CCn1c(=O)n(CC(=O)N2CC(CN)CC2C)c2ccccc21.Cl. The van der Waals surface area contributed by atoms with Gasteiger partial charge in [0.25, 0.3) is 0 Å². The van der Waals surface area contributed by atoms with Gasteiger partial charge >= 0.3 is 5.69 Å².